The van der Waals surface area contributed by atoms with Crippen molar-refractivity contribution in [2.45, 2.75) is 40.2 Å². The SMILES string of the molecule is CCNC(=O)c1ccc(N)cc1NCC(O)CC(C)(C)C. The third kappa shape index (κ3) is 6.04. The topological polar surface area (TPSA) is 87.4 Å². The van der Waals surface area contributed by atoms with Gasteiger partial charge in [-0.2, -0.15) is 0 Å². The fraction of sp³-hybridized carbons (Fsp3) is 0.562. The summed E-state index contributed by atoms with van der Waals surface area (Å²) in [5, 5.41) is 15.9. The number of nitrogen functional groups attached to an aromatic ring is 1. The van der Waals surface area contributed by atoms with Gasteiger partial charge in [0.1, 0.15) is 0 Å². The van der Waals surface area contributed by atoms with Crippen LogP contribution in [0.25, 0.3) is 0 Å². The second-order valence-corrected chi connectivity index (χ2v) is 6.46. The van der Waals surface area contributed by atoms with Crippen LogP contribution in [-0.2, 0) is 0 Å². The Kier molecular flexibility index (Phi) is 6.03. The van der Waals surface area contributed by atoms with Crippen molar-refractivity contribution in [1.29, 1.82) is 0 Å². The molecule has 0 aliphatic heterocycles. The molecule has 1 unspecified atom stereocenters. The summed E-state index contributed by atoms with van der Waals surface area (Å²) in [7, 11) is 0. The predicted octanol–water partition coefficient (Wildman–Crippen LogP) is 2.23. The molecular weight excluding hydrogens is 266 g/mol. The molecule has 0 aliphatic carbocycles. The molecule has 1 amide bonds. The summed E-state index contributed by atoms with van der Waals surface area (Å²) >= 11 is 0. The number of hydrogen-bond donors (Lipinski definition) is 4. The number of rotatable bonds is 6. The number of carbonyl (C=O) groups is 1. The molecule has 5 N–H and O–H groups in total. The Labute approximate surface area is 126 Å². The predicted molar refractivity (Wildman–Crippen MR) is 87.4 cm³/mol. The van der Waals surface area contributed by atoms with Crippen molar-refractivity contribution in [3.63, 3.8) is 0 Å². The maximum absolute atomic E-state index is 12.0. The highest BCUT2D eigenvalue weighted by atomic mass is 16.3. The summed E-state index contributed by atoms with van der Waals surface area (Å²) in [4.78, 5) is 12.0. The van der Waals surface area contributed by atoms with Crippen LogP contribution in [0.2, 0.25) is 0 Å². The van der Waals surface area contributed by atoms with Crippen LogP contribution in [0.1, 0.15) is 44.5 Å². The molecule has 5 nitrogen and oxygen atoms in total. The summed E-state index contributed by atoms with van der Waals surface area (Å²) in [6.07, 6.45) is 0.201. The van der Waals surface area contributed by atoms with Crippen molar-refractivity contribution < 1.29 is 9.90 Å². The summed E-state index contributed by atoms with van der Waals surface area (Å²) < 4.78 is 0. The van der Waals surface area contributed by atoms with Gasteiger partial charge in [-0.25, -0.2) is 0 Å². The maximum atomic E-state index is 12.0. The number of hydrogen-bond acceptors (Lipinski definition) is 4. The summed E-state index contributed by atoms with van der Waals surface area (Å²) in [5.74, 6) is -0.148. The first-order valence-electron chi connectivity index (χ1n) is 7.32. The summed E-state index contributed by atoms with van der Waals surface area (Å²) in [6, 6.07) is 5.11. The number of nitrogens with one attached hydrogen (secondary N) is 2. The van der Waals surface area contributed by atoms with Gasteiger partial charge in [0.15, 0.2) is 0 Å². The minimum atomic E-state index is -0.478. The highest BCUT2D eigenvalue weighted by Crippen LogP contribution is 2.23. The van der Waals surface area contributed by atoms with Crippen molar-refractivity contribution in [3.05, 3.63) is 23.8 Å². The number of anilines is 2. The fourth-order valence-electron chi connectivity index (χ4n) is 2.17. The quantitative estimate of drug-likeness (QED) is 0.606. The monoisotopic (exact) mass is 293 g/mol. The molecule has 0 saturated heterocycles. The first-order chi connectivity index (χ1) is 9.73. The molecule has 0 saturated carbocycles. The first kappa shape index (κ1) is 17.3. The Morgan fingerprint density at radius 3 is 2.62 bits per heavy atom. The largest absolute Gasteiger partial charge is 0.399 e. The van der Waals surface area contributed by atoms with Crippen molar-refractivity contribution >= 4 is 17.3 Å². The van der Waals surface area contributed by atoms with Crippen molar-refractivity contribution in [2.24, 2.45) is 5.41 Å². The minimum absolute atomic E-state index is 0.0548. The Morgan fingerprint density at radius 2 is 2.05 bits per heavy atom. The van der Waals surface area contributed by atoms with Gasteiger partial charge in [-0.3, -0.25) is 4.79 Å². The van der Waals surface area contributed by atoms with Gasteiger partial charge < -0.3 is 21.5 Å². The van der Waals surface area contributed by atoms with Gasteiger partial charge >= 0.3 is 0 Å². The van der Waals surface area contributed by atoms with Gasteiger partial charge in [-0.15, -0.1) is 0 Å². The molecule has 1 atom stereocenters. The first-order valence-corrected chi connectivity index (χ1v) is 7.32. The lowest BCUT2D eigenvalue weighted by molar-refractivity contribution is 0.0956. The average Bonchev–Trinajstić information content (AvgIpc) is 2.34. The number of aliphatic hydroxyl groups excluding tert-OH is 1. The van der Waals surface area contributed by atoms with Gasteiger partial charge in [0.2, 0.25) is 0 Å². The maximum Gasteiger partial charge on any atom is 0.253 e. The van der Waals surface area contributed by atoms with E-state index in [-0.39, 0.29) is 11.3 Å². The Balaban J connectivity index is 2.77. The summed E-state index contributed by atoms with van der Waals surface area (Å²) in [6.45, 7) is 9.06. The summed E-state index contributed by atoms with van der Waals surface area (Å²) in [5.41, 5.74) is 7.59. The molecule has 5 heteroatoms. The van der Waals surface area contributed by atoms with Gasteiger partial charge in [-0.1, -0.05) is 20.8 Å². The van der Waals surface area contributed by atoms with E-state index in [1.54, 1.807) is 18.2 Å². The third-order valence-electron chi connectivity index (χ3n) is 3.00. The smallest absolute Gasteiger partial charge is 0.253 e. The molecule has 1 aromatic carbocycles. The second-order valence-electron chi connectivity index (χ2n) is 6.46. The van der Waals surface area contributed by atoms with Crippen LogP contribution in [0, 0.1) is 5.41 Å². The van der Waals surface area contributed by atoms with E-state index in [9.17, 15) is 9.90 Å². The van der Waals surface area contributed by atoms with Crippen LogP contribution in [0.15, 0.2) is 18.2 Å². The zero-order valence-electron chi connectivity index (χ0n) is 13.4. The Hall–Kier alpha value is -1.75. The third-order valence-corrected chi connectivity index (χ3v) is 3.00. The van der Waals surface area contributed by atoms with Crippen LogP contribution >= 0.6 is 0 Å². The van der Waals surface area contributed by atoms with Crippen molar-refractivity contribution in [1.82, 2.24) is 5.32 Å². The van der Waals surface area contributed by atoms with Crippen molar-refractivity contribution in [2.75, 3.05) is 24.1 Å². The highest BCUT2D eigenvalue weighted by molar-refractivity contribution is 6.00. The molecule has 21 heavy (non-hydrogen) atoms. The zero-order valence-corrected chi connectivity index (χ0v) is 13.4. The molecule has 0 fully saturated rings. The van der Waals surface area contributed by atoms with Crippen LogP contribution in [0.5, 0.6) is 0 Å². The van der Waals surface area contributed by atoms with Gasteiger partial charge in [0, 0.05) is 24.5 Å². The normalized spacial score (nSPS) is 12.8. The average molecular weight is 293 g/mol. The fourth-order valence-corrected chi connectivity index (χ4v) is 2.17. The van der Waals surface area contributed by atoms with E-state index < -0.39 is 6.10 Å². The minimum Gasteiger partial charge on any atom is -0.399 e. The van der Waals surface area contributed by atoms with Crippen LogP contribution < -0.4 is 16.4 Å². The Morgan fingerprint density at radius 1 is 1.38 bits per heavy atom. The lowest BCUT2D eigenvalue weighted by Crippen LogP contribution is -2.27. The molecule has 118 valence electrons. The zero-order chi connectivity index (χ0) is 16.0. The van der Waals surface area contributed by atoms with E-state index in [4.69, 9.17) is 5.73 Å². The van der Waals surface area contributed by atoms with Gasteiger partial charge in [0.25, 0.3) is 5.91 Å². The number of benzene rings is 1. The van der Waals surface area contributed by atoms with Crippen LogP contribution in [0.4, 0.5) is 11.4 Å². The standard InChI is InChI=1S/C16H27N3O2/c1-5-18-15(21)13-7-6-11(17)8-14(13)19-10-12(20)9-16(2,3)4/h6-8,12,19-20H,5,9-10,17H2,1-4H3,(H,18,21). The van der Waals surface area contributed by atoms with Crippen LogP contribution in [0.3, 0.4) is 0 Å². The van der Waals surface area contributed by atoms with E-state index in [1.165, 1.54) is 0 Å². The lowest BCUT2D eigenvalue weighted by atomic mass is 9.89. The Bertz CT molecular complexity index is 481. The molecular formula is C16H27N3O2. The molecule has 1 rings (SSSR count). The van der Waals surface area contributed by atoms with E-state index in [2.05, 4.69) is 31.4 Å². The molecule has 0 aliphatic rings. The second kappa shape index (κ2) is 7.31. The van der Waals surface area contributed by atoms with E-state index in [0.717, 1.165) is 0 Å². The molecule has 0 heterocycles. The van der Waals surface area contributed by atoms with E-state index in [0.29, 0.717) is 36.4 Å². The molecule has 0 spiro atoms. The molecule has 0 aromatic heterocycles. The van der Waals surface area contributed by atoms with E-state index >= 15 is 0 Å². The molecule has 0 radical (unpaired) electrons. The number of nitrogens with two attached hydrogens (primary N) is 1. The highest BCUT2D eigenvalue weighted by Gasteiger charge is 2.17. The van der Waals surface area contributed by atoms with Crippen LogP contribution in [-0.4, -0.2) is 30.2 Å². The van der Waals surface area contributed by atoms with Gasteiger partial charge in [-0.05, 0) is 37.0 Å². The number of amides is 1. The number of aliphatic hydroxyl groups is 1. The molecule has 1 aromatic rings. The number of carbonyl (C=O) groups excluding carboxylic acids is 1. The van der Waals surface area contributed by atoms with Crippen molar-refractivity contribution in [3.8, 4) is 0 Å². The van der Waals surface area contributed by atoms with E-state index in [1.807, 2.05) is 6.92 Å². The lowest BCUT2D eigenvalue weighted by Gasteiger charge is -2.23. The molecule has 0 bridgehead atoms. The van der Waals surface area contributed by atoms with Gasteiger partial charge in [0.05, 0.1) is 11.7 Å².